The highest BCUT2D eigenvalue weighted by atomic mass is 32.2. The van der Waals surface area contributed by atoms with Crippen LogP contribution < -0.4 is 5.32 Å². The first kappa shape index (κ1) is 17.5. The lowest BCUT2D eigenvalue weighted by Crippen LogP contribution is -2.47. The third kappa shape index (κ3) is 4.02. The lowest BCUT2D eigenvalue weighted by Gasteiger charge is -2.27. The van der Waals surface area contributed by atoms with E-state index in [1.807, 2.05) is 30.3 Å². The average molecular weight is 358 g/mol. The maximum Gasteiger partial charge on any atom is 0.243 e. The number of carbonyl (C=O) groups excluding carboxylic acids is 2. The number of rotatable bonds is 4. The Balaban J connectivity index is 1.69. The van der Waals surface area contributed by atoms with Crippen LogP contribution in [0.4, 0.5) is 4.39 Å². The van der Waals surface area contributed by atoms with Gasteiger partial charge in [-0.3, -0.25) is 9.59 Å². The van der Waals surface area contributed by atoms with Gasteiger partial charge in [0.15, 0.2) is 0 Å². The number of thioether (sulfide) groups is 1. The van der Waals surface area contributed by atoms with Crippen LogP contribution in [0.2, 0.25) is 0 Å². The van der Waals surface area contributed by atoms with Crippen LogP contribution in [-0.4, -0.2) is 28.5 Å². The molecule has 0 spiro atoms. The van der Waals surface area contributed by atoms with E-state index in [1.165, 1.54) is 19.1 Å². The summed E-state index contributed by atoms with van der Waals surface area (Å²) in [7, 11) is 0. The molecule has 1 saturated heterocycles. The van der Waals surface area contributed by atoms with E-state index in [4.69, 9.17) is 0 Å². The molecule has 0 radical (unpaired) electrons. The summed E-state index contributed by atoms with van der Waals surface area (Å²) >= 11 is 1.59. The van der Waals surface area contributed by atoms with E-state index in [2.05, 4.69) is 5.32 Å². The van der Waals surface area contributed by atoms with Crippen LogP contribution in [0.3, 0.4) is 0 Å². The summed E-state index contributed by atoms with van der Waals surface area (Å²) in [5.74, 6) is -0.0732. The Hall–Kier alpha value is -2.34. The molecule has 1 N–H and O–H groups in total. The second-order valence-corrected chi connectivity index (χ2v) is 7.00. The summed E-state index contributed by atoms with van der Waals surface area (Å²) in [6.45, 7) is 1.80. The first-order chi connectivity index (χ1) is 12.1. The minimum Gasteiger partial charge on any atom is -0.350 e. The van der Waals surface area contributed by atoms with Crippen molar-refractivity contribution in [3.05, 3.63) is 71.5 Å². The molecule has 0 aliphatic carbocycles. The zero-order valence-electron chi connectivity index (χ0n) is 13.8. The van der Waals surface area contributed by atoms with Crippen LogP contribution >= 0.6 is 11.8 Å². The number of nitrogens with zero attached hydrogens (tertiary/aromatic N) is 1. The predicted octanol–water partition coefficient (Wildman–Crippen LogP) is 3.10. The quantitative estimate of drug-likeness (QED) is 0.914. The van der Waals surface area contributed by atoms with Crippen molar-refractivity contribution in [2.75, 3.05) is 5.75 Å². The molecule has 2 unspecified atom stereocenters. The molecular formula is C19H19FN2O2S. The first-order valence-electron chi connectivity index (χ1n) is 8.04. The number of benzene rings is 2. The van der Waals surface area contributed by atoms with Crippen molar-refractivity contribution in [3.63, 3.8) is 0 Å². The van der Waals surface area contributed by atoms with Gasteiger partial charge in [0, 0.05) is 19.2 Å². The Kier molecular flexibility index (Phi) is 5.38. The predicted molar refractivity (Wildman–Crippen MR) is 96.2 cm³/mol. The van der Waals surface area contributed by atoms with Crippen LogP contribution in [0.15, 0.2) is 54.6 Å². The third-order valence-corrected chi connectivity index (χ3v) is 5.45. The smallest absolute Gasteiger partial charge is 0.243 e. The summed E-state index contributed by atoms with van der Waals surface area (Å²) in [5, 5.41) is 2.70. The third-order valence-electron chi connectivity index (χ3n) is 4.13. The number of amides is 2. The van der Waals surface area contributed by atoms with Gasteiger partial charge < -0.3 is 10.2 Å². The molecule has 1 fully saturated rings. The minimum atomic E-state index is -0.506. The largest absolute Gasteiger partial charge is 0.350 e. The molecule has 2 aromatic rings. The van der Waals surface area contributed by atoms with Gasteiger partial charge in [-0.2, -0.15) is 0 Å². The lowest BCUT2D eigenvalue weighted by atomic mass is 10.1. The van der Waals surface area contributed by atoms with Crippen molar-refractivity contribution in [1.29, 1.82) is 0 Å². The molecule has 2 amide bonds. The van der Waals surface area contributed by atoms with Crippen molar-refractivity contribution in [1.82, 2.24) is 10.2 Å². The van der Waals surface area contributed by atoms with E-state index in [0.29, 0.717) is 12.3 Å². The fourth-order valence-corrected chi connectivity index (χ4v) is 4.36. The van der Waals surface area contributed by atoms with Crippen LogP contribution in [0.25, 0.3) is 0 Å². The van der Waals surface area contributed by atoms with Gasteiger partial charge in [0.05, 0.1) is 0 Å². The number of halogens is 1. The maximum atomic E-state index is 12.9. The monoisotopic (exact) mass is 358 g/mol. The number of carbonyl (C=O) groups is 2. The second-order valence-electron chi connectivity index (χ2n) is 5.88. The molecule has 130 valence electrons. The molecule has 0 aromatic heterocycles. The van der Waals surface area contributed by atoms with Gasteiger partial charge in [0.1, 0.15) is 17.2 Å². The molecule has 6 heteroatoms. The minimum absolute atomic E-state index is 0.124. The zero-order chi connectivity index (χ0) is 17.8. The van der Waals surface area contributed by atoms with E-state index < -0.39 is 6.04 Å². The SMILES string of the molecule is CC(=O)N1C(C(=O)NCc2ccc(F)cc2)CSC1c1ccccc1. The van der Waals surface area contributed by atoms with Gasteiger partial charge in [-0.25, -0.2) is 4.39 Å². The highest BCUT2D eigenvalue weighted by Crippen LogP contribution is 2.41. The molecule has 1 heterocycles. The van der Waals surface area contributed by atoms with E-state index in [9.17, 15) is 14.0 Å². The summed E-state index contributed by atoms with van der Waals surface area (Å²) in [6.07, 6.45) is 0. The van der Waals surface area contributed by atoms with Gasteiger partial charge in [-0.1, -0.05) is 42.5 Å². The highest BCUT2D eigenvalue weighted by molar-refractivity contribution is 7.99. The standard InChI is InChI=1S/C19H19FN2O2S/c1-13(23)22-17(12-25-19(22)15-5-3-2-4-6-15)18(24)21-11-14-7-9-16(20)10-8-14/h2-10,17,19H,11-12H2,1H3,(H,21,24). The number of hydrogen-bond donors (Lipinski definition) is 1. The van der Waals surface area contributed by atoms with Gasteiger partial charge >= 0.3 is 0 Å². The molecule has 2 aromatic carbocycles. The fraction of sp³-hybridized carbons (Fsp3) is 0.263. The van der Waals surface area contributed by atoms with Crippen LogP contribution in [0.1, 0.15) is 23.4 Å². The summed E-state index contributed by atoms with van der Waals surface area (Å²) in [6, 6.07) is 15.2. The molecule has 4 nitrogen and oxygen atoms in total. The van der Waals surface area contributed by atoms with Crippen LogP contribution in [0.5, 0.6) is 0 Å². The van der Waals surface area contributed by atoms with E-state index in [0.717, 1.165) is 11.1 Å². The maximum absolute atomic E-state index is 12.9. The van der Waals surface area contributed by atoms with Crippen molar-refractivity contribution >= 4 is 23.6 Å². The molecule has 0 saturated carbocycles. The topological polar surface area (TPSA) is 49.4 Å². The van der Waals surface area contributed by atoms with E-state index in [-0.39, 0.29) is 23.0 Å². The van der Waals surface area contributed by atoms with E-state index >= 15 is 0 Å². The summed E-state index contributed by atoms with van der Waals surface area (Å²) in [4.78, 5) is 26.4. The Bertz CT molecular complexity index is 752. The van der Waals surface area contributed by atoms with Crippen molar-refractivity contribution in [2.24, 2.45) is 0 Å². The highest BCUT2D eigenvalue weighted by Gasteiger charge is 2.40. The zero-order valence-corrected chi connectivity index (χ0v) is 14.6. The molecule has 1 aliphatic rings. The van der Waals surface area contributed by atoms with Gasteiger partial charge in [0.2, 0.25) is 11.8 Å². The Morgan fingerprint density at radius 3 is 2.48 bits per heavy atom. The molecule has 1 aliphatic heterocycles. The van der Waals surface area contributed by atoms with Crippen molar-refractivity contribution in [3.8, 4) is 0 Å². The Morgan fingerprint density at radius 2 is 1.84 bits per heavy atom. The van der Waals surface area contributed by atoms with Gasteiger partial charge in [-0.05, 0) is 23.3 Å². The van der Waals surface area contributed by atoms with Crippen molar-refractivity contribution in [2.45, 2.75) is 24.9 Å². The normalized spacial score (nSPS) is 19.7. The van der Waals surface area contributed by atoms with Crippen LogP contribution in [0, 0.1) is 5.82 Å². The molecule has 0 bridgehead atoms. The van der Waals surface area contributed by atoms with Gasteiger partial charge in [0.25, 0.3) is 0 Å². The van der Waals surface area contributed by atoms with Crippen molar-refractivity contribution < 1.29 is 14.0 Å². The second kappa shape index (κ2) is 7.70. The number of nitrogens with one attached hydrogen (secondary N) is 1. The van der Waals surface area contributed by atoms with E-state index in [1.54, 1.807) is 28.8 Å². The molecule has 3 rings (SSSR count). The Morgan fingerprint density at radius 1 is 1.16 bits per heavy atom. The summed E-state index contributed by atoms with van der Waals surface area (Å²) in [5.41, 5.74) is 1.82. The first-order valence-corrected chi connectivity index (χ1v) is 9.09. The summed E-state index contributed by atoms with van der Waals surface area (Å²) < 4.78 is 12.9. The Labute approximate surface area is 150 Å². The molecule has 25 heavy (non-hydrogen) atoms. The fourth-order valence-electron chi connectivity index (χ4n) is 2.88. The lowest BCUT2D eigenvalue weighted by molar-refractivity contribution is -0.138. The average Bonchev–Trinajstić information content (AvgIpc) is 3.07. The molecular weight excluding hydrogens is 339 g/mol. The number of hydrogen-bond acceptors (Lipinski definition) is 3. The molecule has 2 atom stereocenters. The van der Waals surface area contributed by atoms with Crippen LogP contribution in [-0.2, 0) is 16.1 Å². The van der Waals surface area contributed by atoms with Gasteiger partial charge in [-0.15, -0.1) is 11.8 Å².